The number of nitrogen functional groups attached to an aromatic ring is 1. The summed E-state index contributed by atoms with van der Waals surface area (Å²) >= 11 is 1.42. The van der Waals surface area contributed by atoms with Gasteiger partial charge in [-0.2, -0.15) is 0 Å². The molecule has 1 aromatic carbocycles. The van der Waals surface area contributed by atoms with Gasteiger partial charge in [-0.3, -0.25) is 4.79 Å². The van der Waals surface area contributed by atoms with E-state index in [1.165, 1.54) is 16.9 Å². The number of aromatic nitrogens is 1. The van der Waals surface area contributed by atoms with E-state index >= 15 is 0 Å². The maximum absolute atomic E-state index is 12.4. The molecule has 20 heavy (non-hydrogen) atoms. The number of amides is 1. The van der Waals surface area contributed by atoms with Crippen LogP contribution in [0.2, 0.25) is 0 Å². The molecule has 0 fully saturated rings. The Kier molecular flexibility index (Phi) is 3.69. The van der Waals surface area contributed by atoms with Gasteiger partial charge in [0.05, 0.1) is 5.69 Å². The number of fused-ring (bicyclic) bond motifs is 1. The second-order valence-electron chi connectivity index (χ2n) is 4.95. The number of nitrogens with zero attached hydrogens (tertiary/aromatic N) is 2. The zero-order valence-corrected chi connectivity index (χ0v) is 12.0. The van der Waals surface area contributed by atoms with E-state index in [0.717, 1.165) is 30.8 Å². The van der Waals surface area contributed by atoms with Gasteiger partial charge in [0, 0.05) is 24.0 Å². The van der Waals surface area contributed by atoms with Crippen LogP contribution in [0.5, 0.6) is 0 Å². The minimum atomic E-state index is 0.170. The van der Waals surface area contributed by atoms with E-state index in [-0.39, 0.29) is 5.91 Å². The van der Waals surface area contributed by atoms with Crippen LogP contribution in [0, 0.1) is 0 Å². The molecule has 0 atom stereocenters. The lowest BCUT2D eigenvalue weighted by molar-refractivity contribution is -0.118. The minimum Gasteiger partial charge on any atom is -0.375 e. The molecule has 1 aliphatic rings. The third-order valence-corrected chi connectivity index (χ3v) is 4.30. The largest absolute Gasteiger partial charge is 0.375 e. The number of aryl methyl sites for hydroxylation is 2. The molecule has 0 radical (unpaired) electrons. The first-order valence-corrected chi connectivity index (χ1v) is 7.70. The van der Waals surface area contributed by atoms with Gasteiger partial charge in [0.25, 0.3) is 0 Å². The van der Waals surface area contributed by atoms with E-state index in [1.54, 1.807) is 0 Å². The highest BCUT2D eigenvalue weighted by Crippen LogP contribution is 2.27. The highest BCUT2D eigenvalue weighted by atomic mass is 32.1. The normalized spacial score (nSPS) is 14.1. The SMILES string of the molecule is Nc1nc(CCC(=O)N2CCCc3ccccc32)cs1. The van der Waals surface area contributed by atoms with E-state index in [2.05, 4.69) is 11.1 Å². The van der Waals surface area contributed by atoms with Gasteiger partial charge in [0.2, 0.25) is 5.91 Å². The molecule has 2 N–H and O–H groups in total. The van der Waals surface area contributed by atoms with Crippen molar-refractivity contribution in [1.29, 1.82) is 0 Å². The van der Waals surface area contributed by atoms with Gasteiger partial charge >= 0.3 is 0 Å². The average Bonchev–Trinajstić information content (AvgIpc) is 2.90. The van der Waals surface area contributed by atoms with Gasteiger partial charge in [-0.15, -0.1) is 11.3 Å². The van der Waals surface area contributed by atoms with Crippen molar-refractivity contribution in [2.45, 2.75) is 25.7 Å². The monoisotopic (exact) mass is 287 g/mol. The Labute approximate surface area is 122 Å². The van der Waals surface area contributed by atoms with Crippen molar-refractivity contribution in [1.82, 2.24) is 4.98 Å². The molecular formula is C15H17N3OS. The van der Waals surface area contributed by atoms with Gasteiger partial charge < -0.3 is 10.6 Å². The molecule has 0 saturated heterocycles. The van der Waals surface area contributed by atoms with E-state index in [1.807, 2.05) is 28.5 Å². The van der Waals surface area contributed by atoms with Gasteiger partial charge in [-0.25, -0.2) is 4.98 Å². The number of anilines is 2. The first-order chi connectivity index (χ1) is 9.74. The average molecular weight is 287 g/mol. The molecule has 3 rings (SSSR count). The Morgan fingerprint density at radius 3 is 3.05 bits per heavy atom. The fourth-order valence-corrected chi connectivity index (χ4v) is 3.20. The predicted molar refractivity (Wildman–Crippen MR) is 82.0 cm³/mol. The first-order valence-electron chi connectivity index (χ1n) is 6.82. The van der Waals surface area contributed by atoms with E-state index < -0.39 is 0 Å². The van der Waals surface area contributed by atoms with E-state index in [4.69, 9.17) is 5.73 Å². The summed E-state index contributed by atoms with van der Waals surface area (Å²) in [4.78, 5) is 18.5. The molecule has 2 heterocycles. The minimum absolute atomic E-state index is 0.170. The van der Waals surface area contributed by atoms with Gasteiger partial charge in [0.1, 0.15) is 0 Å². The smallest absolute Gasteiger partial charge is 0.227 e. The molecule has 1 aromatic heterocycles. The van der Waals surface area contributed by atoms with Crippen LogP contribution in [0.4, 0.5) is 10.8 Å². The molecule has 2 aromatic rings. The summed E-state index contributed by atoms with van der Waals surface area (Å²) in [5, 5.41) is 2.49. The maximum Gasteiger partial charge on any atom is 0.227 e. The number of carbonyl (C=O) groups excluding carboxylic acids is 1. The van der Waals surface area contributed by atoms with Crippen LogP contribution in [0.1, 0.15) is 24.1 Å². The summed E-state index contributed by atoms with van der Waals surface area (Å²) in [5.74, 6) is 0.170. The Morgan fingerprint density at radius 2 is 2.25 bits per heavy atom. The molecule has 5 heteroatoms. The molecule has 0 spiro atoms. The van der Waals surface area contributed by atoms with Crippen LogP contribution >= 0.6 is 11.3 Å². The van der Waals surface area contributed by atoms with Gasteiger partial charge in [0.15, 0.2) is 5.13 Å². The van der Waals surface area contributed by atoms with Crippen molar-refractivity contribution in [3.8, 4) is 0 Å². The van der Waals surface area contributed by atoms with Crippen molar-refractivity contribution in [2.75, 3.05) is 17.2 Å². The maximum atomic E-state index is 12.4. The van der Waals surface area contributed by atoms with E-state index in [0.29, 0.717) is 18.0 Å². The van der Waals surface area contributed by atoms with E-state index in [9.17, 15) is 4.79 Å². The lowest BCUT2D eigenvalue weighted by Gasteiger charge is -2.29. The standard InChI is InChI=1S/C15H17N3OS/c16-15-17-12(10-20-15)7-8-14(19)18-9-3-5-11-4-1-2-6-13(11)18/h1-2,4,6,10H,3,5,7-9H2,(H2,16,17). The highest BCUT2D eigenvalue weighted by Gasteiger charge is 2.21. The molecule has 1 amide bonds. The fraction of sp³-hybridized carbons (Fsp3) is 0.333. The van der Waals surface area contributed by atoms with Gasteiger partial charge in [-0.05, 0) is 30.9 Å². The summed E-state index contributed by atoms with van der Waals surface area (Å²) in [5.41, 5.74) is 8.85. The summed E-state index contributed by atoms with van der Waals surface area (Å²) < 4.78 is 0. The number of hydrogen-bond acceptors (Lipinski definition) is 4. The zero-order chi connectivity index (χ0) is 13.9. The molecule has 0 saturated carbocycles. The van der Waals surface area contributed by atoms with Crippen LogP contribution in [0.15, 0.2) is 29.6 Å². The number of para-hydroxylation sites is 1. The Balaban J connectivity index is 1.69. The molecule has 4 nitrogen and oxygen atoms in total. The Bertz CT molecular complexity index is 623. The molecule has 0 bridgehead atoms. The zero-order valence-electron chi connectivity index (χ0n) is 11.2. The molecule has 104 valence electrons. The van der Waals surface area contributed by atoms with Crippen LogP contribution < -0.4 is 10.6 Å². The topological polar surface area (TPSA) is 59.2 Å². The second-order valence-corrected chi connectivity index (χ2v) is 5.84. The lowest BCUT2D eigenvalue weighted by atomic mass is 10.0. The van der Waals surface area contributed by atoms with Crippen molar-refractivity contribution in [2.24, 2.45) is 0 Å². The predicted octanol–water partition coefficient (Wildman–Crippen LogP) is 2.64. The Morgan fingerprint density at radius 1 is 1.40 bits per heavy atom. The number of hydrogen-bond donors (Lipinski definition) is 1. The Hall–Kier alpha value is -1.88. The quantitative estimate of drug-likeness (QED) is 0.944. The highest BCUT2D eigenvalue weighted by molar-refractivity contribution is 7.13. The number of carbonyl (C=O) groups is 1. The molecule has 1 aliphatic heterocycles. The van der Waals surface area contributed by atoms with Crippen LogP contribution in [0.3, 0.4) is 0 Å². The van der Waals surface area contributed by atoms with Crippen molar-refractivity contribution in [3.63, 3.8) is 0 Å². The summed E-state index contributed by atoms with van der Waals surface area (Å²) in [6.07, 6.45) is 3.23. The molecule has 0 aliphatic carbocycles. The third kappa shape index (κ3) is 2.67. The van der Waals surface area contributed by atoms with Crippen LogP contribution in [-0.2, 0) is 17.6 Å². The van der Waals surface area contributed by atoms with Crippen molar-refractivity contribution < 1.29 is 4.79 Å². The summed E-state index contributed by atoms with van der Waals surface area (Å²) in [6, 6.07) is 8.17. The van der Waals surface area contributed by atoms with Gasteiger partial charge in [-0.1, -0.05) is 18.2 Å². The van der Waals surface area contributed by atoms with Crippen LogP contribution in [-0.4, -0.2) is 17.4 Å². The molecular weight excluding hydrogens is 270 g/mol. The first kappa shape index (κ1) is 13.1. The summed E-state index contributed by atoms with van der Waals surface area (Å²) in [7, 11) is 0. The number of rotatable bonds is 3. The third-order valence-electron chi connectivity index (χ3n) is 3.58. The summed E-state index contributed by atoms with van der Waals surface area (Å²) in [6.45, 7) is 0.815. The van der Waals surface area contributed by atoms with Crippen LogP contribution in [0.25, 0.3) is 0 Å². The number of benzene rings is 1. The molecule has 0 unspecified atom stereocenters. The number of thiazole rings is 1. The number of nitrogens with two attached hydrogens (primary N) is 1. The van der Waals surface area contributed by atoms with Crippen molar-refractivity contribution in [3.05, 3.63) is 40.9 Å². The van der Waals surface area contributed by atoms with Crippen molar-refractivity contribution >= 4 is 28.1 Å². The fourth-order valence-electron chi connectivity index (χ4n) is 2.60. The lowest BCUT2D eigenvalue weighted by Crippen LogP contribution is -2.35. The second kappa shape index (κ2) is 5.63.